The number of rotatable bonds is 2. The monoisotopic (exact) mass is 337 g/mol. The van der Waals surface area contributed by atoms with Gasteiger partial charge in [0, 0.05) is 25.2 Å². The lowest BCUT2D eigenvalue weighted by Gasteiger charge is -2.33. The number of halogens is 2. The van der Waals surface area contributed by atoms with Crippen molar-refractivity contribution in [1.29, 1.82) is 0 Å². The fourth-order valence-electron chi connectivity index (χ4n) is 1.92. The fourth-order valence-corrected chi connectivity index (χ4v) is 2.82. The van der Waals surface area contributed by atoms with Gasteiger partial charge in [-0.25, -0.2) is 9.97 Å². The van der Waals surface area contributed by atoms with Crippen molar-refractivity contribution in [3.8, 4) is 0 Å². The third kappa shape index (κ3) is 2.72. The number of hydrogen-bond acceptors (Lipinski definition) is 3. The van der Waals surface area contributed by atoms with Gasteiger partial charge < -0.3 is 4.90 Å². The quantitative estimate of drug-likeness (QED) is 0.613. The Morgan fingerprint density at radius 1 is 1.60 bits per heavy atom. The first-order valence-corrected chi connectivity index (χ1v) is 6.69. The third-order valence-corrected chi connectivity index (χ3v) is 3.88. The molecule has 1 aromatic heterocycles. The zero-order chi connectivity index (χ0) is 10.7. The van der Waals surface area contributed by atoms with E-state index in [9.17, 15) is 0 Å². The average Bonchev–Trinajstić information content (AvgIpc) is 2.30. The van der Waals surface area contributed by atoms with Crippen molar-refractivity contribution in [3.63, 3.8) is 0 Å². The summed E-state index contributed by atoms with van der Waals surface area (Å²) in [6.07, 6.45) is 5.91. The number of anilines is 1. The van der Waals surface area contributed by atoms with E-state index in [-0.39, 0.29) is 0 Å². The van der Waals surface area contributed by atoms with E-state index in [1.54, 1.807) is 6.33 Å². The number of nitrogens with zero attached hydrogens (tertiary/aromatic N) is 3. The highest BCUT2D eigenvalue weighted by Gasteiger charge is 2.21. The minimum Gasteiger partial charge on any atom is -0.355 e. The summed E-state index contributed by atoms with van der Waals surface area (Å²) < 4.78 is 1.12. The van der Waals surface area contributed by atoms with E-state index >= 15 is 0 Å². The molecule has 5 heteroatoms. The summed E-state index contributed by atoms with van der Waals surface area (Å²) in [5.74, 6) is 2.41. The van der Waals surface area contributed by atoms with Gasteiger partial charge in [-0.2, -0.15) is 0 Å². The van der Waals surface area contributed by atoms with Crippen LogP contribution in [0.3, 0.4) is 0 Å². The summed E-state index contributed by atoms with van der Waals surface area (Å²) in [5, 5.41) is 0. The molecule has 2 rings (SSSR count). The van der Waals surface area contributed by atoms with Gasteiger partial charge in [-0.15, -0.1) is 11.6 Å². The molecule has 0 radical (unpaired) electrons. The van der Waals surface area contributed by atoms with Gasteiger partial charge in [-0.1, -0.05) is 0 Å². The molecule has 0 spiro atoms. The molecule has 0 N–H and O–H groups in total. The average molecular weight is 338 g/mol. The van der Waals surface area contributed by atoms with E-state index in [0.29, 0.717) is 5.92 Å². The van der Waals surface area contributed by atoms with Crippen LogP contribution in [0.5, 0.6) is 0 Å². The SMILES string of the molecule is ClCC1CCCN(c2ncncc2I)C1. The molecule has 1 aliphatic rings. The molecule has 2 heterocycles. The normalized spacial score (nSPS) is 21.7. The summed E-state index contributed by atoms with van der Waals surface area (Å²) in [6.45, 7) is 2.11. The zero-order valence-corrected chi connectivity index (χ0v) is 11.3. The lowest BCUT2D eigenvalue weighted by molar-refractivity contribution is 0.448. The Kier molecular flexibility index (Phi) is 4.02. The van der Waals surface area contributed by atoms with Crippen molar-refractivity contribution >= 4 is 40.0 Å². The highest BCUT2D eigenvalue weighted by atomic mass is 127. The first kappa shape index (κ1) is 11.4. The maximum atomic E-state index is 5.91. The smallest absolute Gasteiger partial charge is 0.145 e. The first-order chi connectivity index (χ1) is 7.31. The van der Waals surface area contributed by atoms with Gasteiger partial charge in [-0.05, 0) is 41.4 Å². The van der Waals surface area contributed by atoms with Crippen LogP contribution < -0.4 is 4.90 Å². The zero-order valence-electron chi connectivity index (χ0n) is 8.37. The van der Waals surface area contributed by atoms with Crippen LogP contribution in [0.25, 0.3) is 0 Å². The van der Waals surface area contributed by atoms with Crippen LogP contribution in [0.4, 0.5) is 5.82 Å². The molecule has 3 nitrogen and oxygen atoms in total. The summed E-state index contributed by atoms with van der Waals surface area (Å²) in [5.41, 5.74) is 0. The predicted octanol–water partition coefficient (Wildman–Crippen LogP) is 2.54. The highest BCUT2D eigenvalue weighted by molar-refractivity contribution is 14.1. The van der Waals surface area contributed by atoms with E-state index in [1.165, 1.54) is 12.8 Å². The van der Waals surface area contributed by atoms with Crippen molar-refractivity contribution in [2.45, 2.75) is 12.8 Å². The lowest BCUT2D eigenvalue weighted by atomic mass is 10.0. The van der Waals surface area contributed by atoms with Crippen LogP contribution in [-0.4, -0.2) is 28.9 Å². The summed E-state index contributed by atoms with van der Waals surface area (Å²) in [4.78, 5) is 10.7. The second kappa shape index (κ2) is 5.30. The van der Waals surface area contributed by atoms with E-state index in [0.717, 1.165) is 28.4 Å². The van der Waals surface area contributed by atoms with Crippen LogP contribution in [0.2, 0.25) is 0 Å². The first-order valence-electron chi connectivity index (χ1n) is 5.07. The lowest BCUT2D eigenvalue weighted by Crippen LogP contribution is -2.37. The minimum atomic E-state index is 0.603. The highest BCUT2D eigenvalue weighted by Crippen LogP contribution is 2.25. The van der Waals surface area contributed by atoms with E-state index in [1.807, 2.05) is 6.20 Å². The Balaban J connectivity index is 2.13. The number of piperidine rings is 1. The summed E-state index contributed by atoms with van der Waals surface area (Å²) in [7, 11) is 0. The molecule has 1 aromatic rings. The van der Waals surface area contributed by atoms with Crippen LogP contribution in [0.15, 0.2) is 12.5 Å². The van der Waals surface area contributed by atoms with Gasteiger partial charge in [0.25, 0.3) is 0 Å². The number of aromatic nitrogens is 2. The minimum absolute atomic E-state index is 0.603. The Morgan fingerprint density at radius 3 is 3.20 bits per heavy atom. The van der Waals surface area contributed by atoms with E-state index < -0.39 is 0 Å². The Labute approximate surface area is 108 Å². The molecule has 0 aromatic carbocycles. The second-order valence-corrected chi connectivity index (χ2v) is 5.27. The van der Waals surface area contributed by atoms with Crippen molar-refractivity contribution in [3.05, 3.63) is 16.1 Å². The van der Waals surface area contributed by atoms with Crippen LogP contribution in [-0.2, 0) is 0 Å². The molecular formula is C10H13ClIN3. The second-order valence-electron chi connectivity index (χ2n) is 3.80. The van der Waals surface area contributed by atoms with Gasteiger partial charge in [0.2, 0.25) is 0 Å². The van der Waals surface area contributed by atoms with Crippen LogP contribution >= 0.6 is 34.2 Å². The Bertz CT molecular complexity index is 334. The van der Waals surface area contributed by atoms with Gasteiger partial charge in [0.1, 0.15) is 12.1 Å². The topological polar surface area (TPSA) is 29.0 Å². The van der Waals surface area contributed by atoms with Crippen LogP contribution in [0.1, 0.15) is 12.8 Å². The molecule has 0 aliphatic carbocycles. The molecule has 0 saturated carbocycles. The van der Waals surface area contributed by atoms with Gasteiger partial charge in [-0.3, -0.25) is 0 Å². The molecular weight excluding hydrogens is 324 g/mol. The standard InChI is InChI=1S/C10H13ClIN3/c11-4-8-2-1-3-15(6-8)10-9(12)5-13-7-14-10/h5,7-8H,1-4,6H2. The maximum absolute atomic E-state index is 5.91. The third-order valence-electron chi connectivity index (χ3n) is 2.68. The Hall–Kier alpha value is -0.100. The maximum Gasteiger partial charge on any atom is 0.145 e. The summed E-state index contributed by atoms with van der Waals surface area (Å²) in [6, 6.07) is 0. The molecule has 15 heavy (non-hydrogen) atoms. The van der Waals surface area contributed by atoms with Crippen molar-refractivity contribution < 1.29 is 0 Å². The Morgan fingerprint density at radius 2 is 2.47 bits per heavy atom. The molecule has 1 fully saturated rings. The molecule has 0 bridgehead atoms. The van der Waals surface area contributed by atoms with E-state index in [2.05, 4.69) is 37.5 Å². The number of hydrogen-bond donors (Lipinski definition) is 0. The fraction of sp³-hybridized carbons (Fsp3) is 0.600. The van der Waals surface area contributed by atoms with Crippen LogP contribution in [0, 0.1) is 9.49 Å². The molecule has 0 amide bonds. The molecule has 82 valence electrons. The molecule has 1 saturated heterocycles. The number of alkyl halides is 1. The molecule has 1 atom stereocenters. The largest absolute Gasteiger partial charge is 0.355 e. The van der Waals surface area contributed by atoms with Crippen molar-refractivity contribution in [2.75, 3.05) is 23.9 Å². The van der Waals surface area contributed by atoms with E-state index in [4.69, 9.17) is 11.6 Å². The molecule has 1 aliphatic heterocycles. The van der Waals surface area contributed by atoms with Gasteiger partial charge in [0.05, 0.1) is 3.57 Å². The van der Waals surface area contributed by atoms with Gasteiger partial charge >= 0.3 is 0 Å². The molecule has 1 unspecified atom stereocenters. The van der Waals surface area contributed by atoms with Crippen molar-refractivity contribution in [2.24, 2.45) is 5.92 Å². The summed E-state index contributed by atoms with van der Waals surface area (Å²) >= 11 is 8.19. The predicted molar refractivity (Wildman–Crippen MR) is 70.4 cm³/mol. The van der Waals surface area contributed by atoms with Crippen molar-refractivity contribution in [1.82, 2.24) is 9.97 Å². The van der Waals surface area contributed by atoms with Gasteiger partial charge in [0.15, 0.2) is 0 Å².